The van der Waals surface area contributed by atoms with Gasteiger partial charge in [0.2, 0.25) is 0 Å². The molecule has 0 aliphatic heterocycles. The number of halogens is 2. The van der Waals surface area contributed by atoms with Gasteiger partial charge < -0.3 is 15.4 Å². The quantitative estimate of drug-likeness (QED) is 0.486. The molecular formula is C14H11ClFN3O3S. The molecule has 2 N–H and O–H groups in total. The van der Waals surface area contributed by atoms with Crippen molar-refractivity contribution in [1.82, 2.24) is 0 Å². The summed E-state index contributed by atoms with van der Waals surface area (Å²) >= 11 is 10.8. The molecule has 2 rings (SSSR count). The number of ether oxygens (including phenoxy) is 1. The van der Waals surface area contributed by atoms with E-state index in [1.54, 1.807) is 0 Å². The van der Waals surface area contributed by atoms with Crippen molar-refractivity contribution >= 4 is 46.0 Å². The Bertz CT molecular complexity index is 773. The molecule has 2 aromatic rings. The van der Waals surface area contributed by atoms with Gasteiger partial charge in [-0.3, -0.25) is 10.1 Å². The lowest BCUT2D eigenvalue weighted by Crippen LogP contribution is -2.19. The largest absolute Gasteiger partial charge is 0.494 e. The number of thiocarbonyl (C=S) groups is 1. The van der Waals surface area contributed by atoms with Crippen molar-refractivity contribution < 1.29 is 14.1 Å². The zero-order chi connectivity index (χ0) is 17.0. The Hall–Kier alpha value is -2.45. The van der Waals surface area contributed by atoms with E-state index in [1.165, 1.54) is 43.5 Å². The van der Waals surface area contributed by atoms with Gasteiger partial charge in [-0.25, -0.2) is 4.39 Å². The molecule has 0 aliphatic carbocycles. The van der Waals surface area contributed by atoms with Gasteiger partial charge in [0, 0.05) is 11.8 Å². The normalized spacial score (nSPS) is 10.0. The molecule has 0 aliphatic rings. The lowest BCUT2D eigenvalue weighted by atomic mass is 10.2. The Morgan fingerprint density at radius 3 is 2.65 bits per heavy atom. The van der Waals surface area contributed by atoms with Crippen LogP contribution in [0.2, 0.25) is 5.02 Å². The summed E-state index contributed by atoms with van der Waals surface area (Å²) in [5, 5.41) is 16.6. The first-order valence-electron chi connectivity index (χ1n) is 6.26. The number of nitro groups is 1. The molecule has 0 fully saturated rings. The third-order valence-corrected chi connectivity index (χ3v) is 3.32. The summed E-state index contributed by atoms with van der Waals surface area (Å²) in [5.41, 5.74) is 0.843. The van der Waals surface area contributed by atoms with Gasteiger partial charge in [0.15, 0.2) is 5.11 Å². The fourth-order valence-electron chi connectivity index (χ4n) is 1.76. The summed E-state index contributed by atoms with van der Waals surface area (Å²) < 4.78 is 18.2. The van der Waals surface area contributed by atoms with E-state index in [0.717, 1.165) is 0 Å². The monoisotopic (exact) mass is 355 g/mol. The maximum Gasteiger partial charge on any atom is 0.273 e. The highest BCUT2D eigenvalue weighted by atomic mass is 35.5. The molecule has 120 valence electrons. The number of nitrogens with zero attached hydrogens (tertiary/aromatic N) is 1. The first-order chi connectivity index (χ1) is 10.9. The number of hydrogen-bond donors (Lipinski definition) is 2. The molecule has 0 spiro atoms. The molecule has 0 aromatic heterocycles. The number of benzene rings is 2. The molecule has 0 bridgehead atoms. The average molecular weight is 356 g/mol. The number of non-ortho nitro benzene ring substituents is 1. The number of anilines is 2. The summed E-state index contributed by atoms with van der Waals surface area (Å²) in [7, 11) is 1.39. The first kappa shape index (κ1) is 16.9. The van der Waals surface area contributed by atoms with Crippen LogP contribution in [0.25, 0.3) is 0 Å². The Labute approximate surface area is 141 Å². The third kappa shape index (κ3) is 4.27. The fourth-order valence-corrected chi connectivity index (χ4v) is 2.16. The second-order valence-electron chi connectivity index (χ2n) is 4.35. The smallest absolute Gasteiger partial charge is 0.273 e. The number of rotatable bonds is 4. The second-order valence-corrected chi connectivity index (χ2v) is 5.17. The summed E-state index contributed by atoms with van der Waals surface area (Å²) in [6, 6.07) is 8.14. The van der Waals surface area contributed by atoms with Crippen molar-refractivity contribution in [3.05, 3.63) is 57.4 Å². The van der Waals surface area contributed by atoms with E-state index in [1.807, 2.05) is 0 Å². The van der Waals surface area contributed by atoms with E-state index in [0.29, 0.717) is 11.4 Å². The van der Waals surface area contributed by atoms with Crippen molar-refractivity contribution in [1.29, 1.82) is 0 Å². The van der Waals surface area contributed by atoms with Crippen LogP contribution >= 0.6 is 23.8 Å². The standard InChI is InChI=1S/C14H11ClFN3O3S/c1-22-13-7-9(19(20)21)3-5-12(13)18-14(23)17-8-2-4-11(16)10(15)6-8/h2-7H,1H3,(H2,17,18,23). The Kier molecular flexibility index (Phi) is 5.30. The highest BCUT2D eigenvalue weighted by Crippen LogP contribution is 2.29. The van der Waals surface area contributed by atoms with Gasteiger partial charge in [-0.2, -0.15) is 0 Å². The van der Waals surface area contributed by atoms with Crippen LogP contribution in [0.5, 0.6) is 5.75 Å². The maximum absolute atomic E-state index is 13.1. The van der Waals surface area contributed by atoms with Crippen LogP contribution in [0.1, 0.15) is 0 Å². The van der Waals surface area contributed by atoms with E-state index in [2.05, 4.69) is 10.6 Å². The summed E-state index contributed by atoms with van der Waals surface area (Å²) in [6.45, 7) is 0. The van der Waals surface area contributed by atoms with Gasteiger partial charge in [-0.15, -0.1) is 0 Å². The van der Waals surface area contributed by atoms with E-state index in [4.69, 9.17) is 28.6 Å². The summed E-state index contributed by atoms with van der Waals surface area (Å²) in [5.74, 6) is -0.270. The van der Waals surface area contributed by atoms with Gasteiger partial charge in [-0.1, -0.05) is 11.6 Å². The molecule has 6 nitrogen and oxygen atoms in total. The van der Waals surface area contributed by atoms with Gasteiger partial charge in [0.25, 0.3) is 5.69 Å². The van der Waals surface area contributed by atoms with Crippen LogP contribution in [0.15, 0.2) is 36.4 Å². The zero-order valence-electron chi connectivity index (χ0n) is 11.8. The van der Waals surface area contributed by atoms with E-state index in [-0.39, 0.29) is 21.6 Å². The minimum Gasteiger partial charge on any atom is -0.494 e. The van der Waals surface area contributed by atoms with E-state index >= 15 is 0 Å². The Morgan fingerprint density at radius 1 is 1.30 bits per heavy atom. The molecule has 0 amide bonds. The lowest BCUT2D eigenvalue weighted by Gasteiger charge is -2.13. The predicted octanol–water partition coefficient (Wildman–Crippen LogP) is 4.20. The molecule has 0 saturated carbocycles. The predicted molar refractivity (Wildman–Crippen MR) is 90.9 cm³/mol. The van der Waals surface area contributed by atoms with Crippen molar-refractivity contribution in [3.63, 3.8) is 0 Å². The van der Waals surface area contributed by atoms with Crippen LogP contribution in [0.3, 0.4) is 0 Å². The number of nitrogens with one attached hydrogen (secondary N) is 2. The highest BCUT2D eigenvalue weighted by Gasteiger charge is 2.12. The van der Waals surface area contributed by atoms with Crippen LogP contribution in [0, 0.1) is 15.9 Å². The van der Waals surface area contributed by atoms with Crippen LogP contribution in [-0.4, -0.2) is 17.1 Å². The van der Waals surface area contributed by atoms with Gasteiger partial charge >= 0.3 is 0 Å². The van der Waals surface area contributed by atoms with Crippen LogP contribution in [0.4, 0.5) is 21.5 Å². The maximum atomic E-state index is 13.1. The van der Waals surface area contributed by atoms with Crippen molar-refractivity contribution in [2.75, 3.05) is 17.7 Å². The molecule has 0 heterocycles. The van der Waals surface area contributed by atoms with E-state index in [9.17, 15) is 14.5 Å². The fraction of sp³-hybridized carbons (Fsp3) is 0.0714. The first-order valence-corrected chi connectivity index (χ1v) is 7.05. The highest BCUT2D eigenvalue weighted by molar-refractivity contribution is 7.80. The Morgan fingerprint density at radius 2 is 2.04 bits per heavy atom. The Balaban J connectivity index is 2.13. The van der Waals surface area contributed by atoms with Crippen LogP contribution < -0.4 is 15.4 Å². The lowest BCUT2D eigenvalue weighted by molar-refractivity contribution is -0.384. The molecule has 0 radical (unpaired) electrons. The SMILES string of the molecule is COc1cc([N+](=O)[O-])ccc1NC(=S)Nc1ccc(F)c(Cl)c1. The number of hydrogen-bond acceptors (Lipinski definition) is 4. The molecule has 0 atom stereocenters. The van der Waals surface area contributed by atoms with Gasteiger partial charge in [-0.05, 0) is 36.5 Å². The van der Waals surface area contributed by atoms with Crippen molar-refractivity contribution in [2.45, 2.75) is 0 Å². The van der Waals surface area contributed by atoms with Crippen LogP contribution in [-0.2, 0) is 0 Å². The minimum atomic E-state index is -0.534. The van der Waals surface area contributed by atoms with Gasteiger partial charge in [0.1, 0.15) is 11.6 Å². The summed E-state index contributed by atoms with van der Waals surface area (Å²) in [6.07, 6.45) is 0. The minimum absolute atomic E-state index is 0.0364. The zero-order valence-corrected chi connectivity index (χ0v) is 13.4. The molecule has 23 heavy (non-hydrogen) atoms. The molecule has 2 aromatic carbocycles. The number of methoxy groups -OCH3 is 1. The molecule has 0 saturated heterocycles. The number of nitro benzene ring substituents is 1. The second kappa shape index (κ2) is 7.21. The van der Waals surface area contributed by atoms with Crippen molar-refractivity contribution in [3.8, 4) is 5.75 Å². The van der Waals surface area contributed by atoms with Crippen molar-refractivity contribution in [2.24, 2.45) is 0 Å². The topological polar surface area (TPSA) is 76.4 Å². The molecule has 0 unspecified atom stereocenters. The average Bonchev–Trinajstić information content (AvgIpc) is 2.51. The summed E-state index contributed by atoms with van der Waals surface area (Å²) in [4.78, 5) is 10.2. The third-order valence-electron chi connectivity index (χ3n) is 2.82. The molecule has 9 heteroatoms. The molecular weight excluding hydrogens is 345 g/mol. The van der Waals surface area contributed by atoms with E-state index < -0.39 is 10.7 Å². The van der Waals surface area contributed by atoms with Gasteiger partial charge in [0.05, 0.1) is 28.8 Å².